The number of carbonyl (C=O) groups excluding carboxylic acids is 1. The molecule has 0 aliphatic carbocycles. The zero-order chi connectivity index (χ0) is 20.0. The normalized spacial score (nSPS) is 17.3. The lowest BCUT2D eigenvalue weighted by Crippen LogP contribution is -2.34. The smallest absolute Gasteiger partial charge is 0.418 e. The lowest BCUT2D eigenvalue weighted by atomic mass is 9.86. The highest BCUT2D eigenvalue weighted by molar-refractivity contribution is 5.72. The molecule has 5 heteroatoms. The Morgan fingerprint density at radius 3 is 2.59 bits per heavy atom. The molecule has 1 aliphatic rings. The summed E-state index contributed by atoms with van der Waals surface area (Å²) in [5.74, 6) is 0.931. The van der Waals surface area contributed by atoms with Crippen LogP contribution in [0.4, 0.5) is 4.79 Å². The van der Waals surface area contributed by atoms with Crippen molar-refractivity contribution in [2.75, 3.05) is 20.3 Å². The van der Waals surface area contributed by atoms with Gasteiger partial charge in [-0.15, -0.1) is 0 Å². The zero-order valence-corrected chi connectivity index (χ0v) is 17.2. The second-order valence-electron chi connectivity index (χ2n) is 7.55. The van der Waals surface area contributed by atoms with Gasteiger partial charge in [0.2, 0.25) is 0 Å². The molecule has 1 aromatic carbocycles. The van der Waals surface area contributed by atoms with Gasteiger partial charge < -0.3 is 14.2 Å². The molecule has 0 unspecified atom stereocenters. The van der Waals surface area contributed by atoms with Crippen LogP contribution in [0.5, 0.6) is 5.75 Å². The Hall–Kier alpha value is -2.27. The molecule has 27 heavy (non-hydrogen) atoms. The Bertz CT molecular complexity index is 715. The van der Waals surface area contributed by atoms with Gasteiger partial charge in [0, 0.05) is 24.9 Å². The second kappa shape index (κ2) is 9.09. The molecule has 0 fully saturated rings. The van der Waals surface area contributed by atoms with E-state index >= 15 is 0 Å². The van der Waals surface area contributed by atoms with Crippen LogP contribution in [0.25, 0.3) is 0 Å². The first-order valence-corrected chi connectivity index (χ1v) is 9.38. The lowest BCUT2D eigenvalue weighted by Gasteiger charge is -2.32. The van der Waals surface area contributed by atoms with E-state index in [1.807, 2.05) is 52.1 Å². The molecular formula is C22H31NO4. The maximum absolute atomic E-state index is 12.5. The van der Waals surface area contributed by atoms with Crippen molar-refractivity contribution in [2.24, 2.45) is 0 Å². The largest absolute Gasteiger partial charge is 0.491 e. The summed E-state index contributed by atoms with van der Waals surface area (Å²) < 4.78 is 16.3. The van der Waals surface area contributed by atoms with Crippen LogP contribution in [0, 0.1) is 0 Å². The van der Waals surface area contributed by atoms with Crippen molar-refractivity contribution >= 4 is 6.09 Å². The maximum Gasteiger partial charge on any atom is 0.418 e. The van der Waals surface area contributed by atoms with Crippen LogP contribution in [0.1, 0.15) is 52.5 Å². The summed E-state index contributed by atoms with van der Waals surface area (Å²) in [4.78, 5) is 14.1. The van der Waals surface area contributed by atoms with Gasteiger partial charge in [0.1, 0.15) is 18.0 Å². The SMILES string of the molecule is CCC1=C(C)N(C(=O)OC(C)(C)C)C=C[C@H]1c1cccc(OCCOC)c1. The van der Waals surface area contributed by atoms with Crippen LogP contribution in [0.15, 0.2) is 47.8 Å². The highest BCUT2D eigenvalue weighted by atomic mass is 16.6. The van der Waals surface area contributed by atoms with Gasteiger partial charge in [0.05, 0.1) is 6.61 Å². The van der Waals surface area contributed by atoms with E-state index in [9.17, 15) is 4.79 Å². The molecule has 0 radical (unpaired) electrons. The van der Waals surface area contributed by atoms with E-state index in [0.717, 1.165) is 23.4 Å². The van der Waals surface area contributed by atoms with Crippen molar-refractivity contribution in [1.29, 1.82) is 0 Å². The molecule has 0 N–H and O–H groups in total. The van der Waals surface area contributed by atoms with Gasteiger partial charge >= 0.3 is 6.09 Å². The van der Waals surface area contributed by atoms with E-state index in [4.69, 9.17) is 14.2 Å². The quantitative estimate of drug-likeness (QED) is 0.640. The Morgan fingerprint density at radius 1 is 1.22 bits per heavy atom. The minimum atomic E-state index is -0.525. The number of hydrogen-bond acceptors (Lipinski definition) is 4. The summed E-state index contributed by atoms with van der Waals surface area (Å²) in [6.45, 7) is 10.8. The monoisotopic (exact) mass is 373 g/mol. The molecule has 0 aromatic heterocycles. The number of methoxy groups -OCH3 is 1. The number of ether oxygens (including phenoxy) is 3. The van der Waals surface area contributed by atoms with E-state index < -0.39 is 5.60 Å². The summed E-state index contributed by atoms with van der Waals surface area (Å²) in [6, 6.07) is 8.08. The molecule has 1 amide bonds. The van der Waals surface area contributed by atoms with Crippen LogP contribution in [0.3, 0.4) is 0 Å². The fourth-order valence-corrected chi connectivity index (χ4v) is 3.12. The van der Waals surface area contributed by atoms with Gasteiger partial charge in [-0.25, -0.2) is 4.79 Å². The number of hydrogen-bond donors (Lipinski definition) is 0. The lowest BCUT2D eigenvalue weighted by molar-refractivity contribution is 0.0378. The van der Waals surface area contributed by atoms with Gasteiger partial charge in [-0.05, 0) is 57.4 Å². The molecule has 2 rings (SSSR count). The van der Waals surface area contributed by atoms with Gasteiger partial charge in [0.15, 0.2) is 0 Å². The summed E-state index contributed by atoms with van der Waals surface area (Å²) in [7, 11) is 1.66. The Labute approximate surface area is 162 Å². The van der Waals surface area contributed by atoms with Crippen molar-refractivity contribution in [3.05, 3.63) is 53.4 Å². The molecule has 1 aromatic rings. The van der Waals surface area contributed by atoms with Crippen LogP contribution in [-0.4, -0.2) is 36.9 Å². The number of carbonyl (C=O) groups is 1. The van der Waals surface area contributed by atoms with Crippen LogP contribution in [-0.2, 0) is 9.47 Å². The van der Waals surface area contributed by atoms with Crippen molar-refractivity contribution in [1.82, 2.24) is 4.90 Å². The average molecular weight is 373 g/mol. The van der Waals surface area contributed by atoms with E-state index in [2.05, 4.69) is 19.1 Å². The molecule has 0 saturated heterocycles. The molecule has 1 aliphatic heterocycles. The third-order valence-corrected chi connectivity index (χ3v) is 4.37. The topological polar surface area (TPSA) is 48.0 Å². The first-order valence-electron chi connectivity index (χ1n) is 9.38. The first-order chi connectivity index (χ1) is 12.8. The van der Waals surface area contributed by atoms with Crippen molar-refractivity contribution in [3.63, 3.8) is 0 Å². The second-order valence-corrected chi connectivity index (χ2v) is 7.55. The number of nitrogens with zero attached hydrogens (tertiary/aromatic N) is 1. The molecule has 1 atom stereocenters. The predicted octanol–water partition coefficient (Wildman–Crippen LogP) is 5.24. The molecule has 0 bridgehead atoms. The standard InChI is InChI=1S/C22H31NO4/c1-7-19-16(2)23(21(24)27-22(3,4)5)12-11-20(19)17-9-8-10-18(15-17)26-14-13-25-6/h8-12,15,20H,7,13-14H2,1-6H3/t20-/m0/s1. The minimum Gasteiger partial charge on any atom is -0.491 e. The molecule has 148 valence electrons. The number of amides is 1. The zero-order valence-electron chi connectivity index (χ0n) is 17.2. The van der Waals surface area contributed by atoms with Gasteiger partial charge in [0.25, 0.3) is 0 Å². The summed E-state index contributed by atoms with van der Waals surface area (Å²) in [5, 5.41) is 0. The third-order valence-electron chi connectivity index (χ3n) is 4.37. The van der Waals surface area contributed by atoms with Crippen molar-refractivity contribution in [3.8, 4) is 5.75 Å². The maximum atomic E-state index is 12.5. The number of rotatable bonds is 6. The van der Waals surface area contributed by atoms with Crippen LogP contribution in [0.2, 0.25) is 0 Å². The summed E-state index contributed by atoms with van der Waals surface area (Å²) in [6.07, 6.45) is 4.35. The third kappa shape index (κ3) is 5.60. The first kappa shape index (κ1) is 21.0. The van der Waals surface area contributed by atoms with E-state index in [1.165, 1.54) is 5.57 Å². The number of benzene rings is 1. The van der Waals surface area contributed by atoms with Gasteiger partial charge in [-0.2, -0.15) is 0 Å². The van der Waals surface area contributed by atoms with E-state index in [1.54, 1.807) is 12.0 Å². The number of allylic oxidation sites excluding steroid dienone is 3. The molecule has 0 saturated carbocycles. The van der Waals surface area contributed by atoms with Crippen molar-refractivity contribution in [2.45, 2.75) is 52.6 Å². The van der Waals surface area contributed by atoms with Crippen LogP contribution >= 0.6 is 0 Å². The highest BCUT2D eigenvalue weighted by Crippen LogP contribution is 2.36. The fraction of sp³-hybridized carbons (Fsp3) is 0.500. The Kier molecular flexibility index (Phi) is 7.08. The molecule has 1 heterocycles. The fourth-order valence-electron chi connectivity index (χ4n) is 3.12. The predicted molar refractivity (Wildman–Crippen MR) is 107 cm³/mol. The summed E-state index contributed by atoms with van der Waals surface area (Å²) in [5.41, 5.74) is 2.73. The molecule has 0 spiro atoms. The Balaban J connectivity index is 2.24. The minimum absolute atomic E-state index is 0.111. The van der Waals surface area contributed by atoms with Gasteiger partial charge in [-0.1, -0.05) is 25.1 Å². The highest BCUT2D eigenvalue weighted by Gasteiger charge is 2.28. The van der Waals surface area contributed by atoms with Crippen LogP contribution < -0.4 is 4.74 Å². The Morgan fingerprint density at radius 2 is 1.96 bits per heavy atom. The van der Waals surface area contributed by atoms with E-state index in [0.29, 0.717) is 13.2 Å². The molecule has 5 nitrogen and oxygen atoms in total. The summed E-state index contributed by atoms with van der Waals surface area (Å²) >= 11 is 0. The van der Waals surface area contributed by atoms with E-state index in [-0.39, 0.29) is 12.0 Å². The molecular weight excluding hydrogens is 342 g/mol. The van der Waals surface area contributed by atoms with Gasteiger partial charge in [-0.3, -0.25) is 4.90 Å². The van der Waals surface area contributed by atoms with Crippen molar-refractivity contribution < 1.29 is 19.0 Å². The average Bonchev–Trinajstić information content (AvgIpc) is 2.60.